The number of aromatic hydroxyl groups is 6. The number of aliphatic carboxylic acids is 2. The SMILES string of the molecule is O=C(/C=C/c1ccc(O)c(O)c1)O[C@H]1[C@H](O)C[C@](O)(C(=O)O)C[C@H]1OC(=O)/C=C/c1ccc(O)c(O)c1.O=C(/C=C/c1ccccc1)O[C@@H]1C[C@](O)(C(=O)O)C[C@@H](OC(=O)/C=C/c2ccc(O)c(O)c2)[C@H]1O. The Morgan fingerprint density at radius 1 is 0.431 bits per heavy atom. The van der Waals surface area contributed by atoms with E-state index in [2.05, 4.69) is 0 Å². The molecular formula is C50H48O22. The normalized spacial score (nSPS) is 24.0. The highest BCUT2D eigenvalue weighted by Crippen LogP contribution is 2.35. The number of phenolic OH excluding ortho intramolecular Hbond substituents is 6. The van der Waals surface area contributed by atoms with Gasteiger partial charge in [0, 0.05) is 50.0 Å². The number of aliphatic hydroxyl groups excluding tert-OH is 2. The summed E-state index contributed by atoms with van der Waals surface area (Å²) in [6.07, 6.45) is -2.89. The van der Waals surface area contributed by atoms with Gasteiger partial charge in [0.05, 0.1) is 6.10 Å². The molecule has 0 spiro atoms. The molecule has 0 saturated heterocycles. The number of ether oxygens (including phenoxy) is 4. The number of carboxylic acids is 2. The lowest BCUT2D eigenvalue weighted by Crippen LogP contribution is -2.58. The number of phenols is 6. The van der Waals surface area contributed by atoms with E-state index in [1.807, 2.05) is 0 Å². The molecule has 4 aromatic carbocycles. The number of aliphatic hydroxyl groups is 4. The van der Waals surface area contributed by atoms with E-state index in [9.17, 15) is 90.0 Å². The van der Waals surface area contributed by atoms with Crippen molar-refractivity contribution < 1.29 is 109 Å². The van der Waals surface area contributed by atoms with Gasteiger partial charge in [0.2, 0.25) is 0 Å². The molecule has 0 radical (unpaired) electrons. The van der Waals surface area contributed by atoms with Gasteiger partial charge in [0.1, 0.15) is 24.4 Å². The van der Waals surface area contributed by atoms with E-state index in [4.69, 9.17) is 18.9 Å². The second-order valence-corrected chi connectivity index (χ2v) is 16.4. The summed E-state index contributed by atoms with van der Waals surface area (Å²) in [5, 5.41) is 117. The summed E-state index contributed by atoms with van der Waals surface area (Å²) in [5.74, 6) is -9.53. The van der Waals surface area contributed by atoms with Crippen LogP contribution < -0.4 is 0 Å². The highest BCUT2D eigenvalue weighted by molar-refractivity contribution is 5.90. The Kier molecular flexibility index (Phi) is 17.9. The third kappa shape index (κ3) is 14.9. The highest BCUT2D eigenvalue weighted by atomic mass is 16.6. The monoisotopic (exact) mass is 1000 g/mol. The minimum atomic E-state index is -2.46. The third-order valence-corrected chi connectivity index (χ3v) is 11.0. The first kappa shape index (κ1) is 54.2. The first-order valence-electron chi connectivity index (χ1n) is 21.4. The minimum Gasteiger partial charge on any atom is -0.504 e. The van der Waals surface area contributed by atoms with Crippen LogP contribution in [0.4, 0.5) is 0 Å². The standard InChI is InChI=1S/C25H24O12.C25H24O10/c26-15-5-1-13(9-17(15)28)3-7-21(31)36-20-12-25(35,24(33)34)11-19(30)23(20)37-22(32)8-4-14-2-6-16(27)18(29)10-14;26-17-9-6-16(12-18(17)27)8-11-22(29)35-20-14-25(33,24(31)32)13-19(23(20)30)34-21(28)10-7-15-4-2-1-3-5-15/h1-10,19-20,23,26-30,35H,11-12H2,(H,33,34);1-12,19-20,23,26-27,30,33H,13-14H2,(H,31,32)/b7-3+,8-4+;10-7+,11-8+/t2*19-,20-,23+,25-/m11/s1. The zero-order valence-electron chi connectivity index (χ0n) is 37.4. The molecule has 0 aromatic heterocycles. The number of benzene rings is 4. The van der Waals surface area contributed by atoms with E-state index in [1.54, 1.807) is 30.3 Å². The van der Waals surface area contributed by atoms with Gasteiger partial charge in [-0.3, -0.25) is 0 Å². The topological polar surface area (TPSA) is 382 Å². The zero-order chi connectivity index (χ0) is 52.9. The van der Waals surface area contributed by atoms with E-state index in [0.29, 0.717) is 22.3 Å². The average Bonchev–Trinajstić information content (AvgIpc) is 3.32. The fraction of sp³-hybridized carbons (Fsp3) is 0.240. The van der Waals surface area contributed by atoms with Crippen LogP contribution in [0.2, 0.25) is 0 Å². The predicted molar refractivity (Wildman–Crippen MR) is 247 cm³/mol. The maximum Gasteiger partial charge on any atom is 0.335 e. The lowest BCUT2D eigenvalue weighted by atomic mass is 9.79. The molecule has 380 valence electrons. The molecule has 2 aliphatic carbocycles. The summed E-state index contributed by atoms with van der Waals surface area (Å²) in [7, 11) is 0. The Morgan fingerprint density at radius 3 is 1.14 bits per heavy atom. The molecule has 2 aliphatic rings. The van der Waals surface area contributed by atoms with Gasteiger partial charge in [-0.2, -0.15) is 0 Å². The van der Waals surface area contributed by atoms with Crippen molar-refractivity contribution in [1.29, 1.82) is 0 Å². The van der Waals surface area contributed by atoms with Crippen LogP contribution in [0.25, 0.3) is 24.3 Å². The molecule has 22 nitrogen and oxygen atoms in total. The van der Waals surface area contributed by atoms with Crippen molar-refractivity contribution in [3.63, 3.8) is 0 Å². The Bertz CT molecular complexity index is 2760. The van der Waals surface area contributed by atoms with Gasteiger partial charge in [-0.05, 0) is 83.0 Å². The fourth-order valence-electron chi connectivity index (χ4n) is 7.20. The molecule has 2 saturated carbocycles. The fourth-order valence-corrected chi connectivity index (χ4v) is 7.20. The minimum absolute atomic E-state index is 0.311. The van der Waals surface area contributed by atoms with Crippen LogP contribution in [0.15, 0.2) is 109 Å². The molecule has 0 unspecified atom stereocenters. The van der Waals surface area contributed by atoms with Crippen LogP contribution in [0.5, 0.6) is 34.5 Å². The lowest BCUT2D eigenvalue weighted by Gasteiger charge is -2.40. The molecule has 12 N–H and O–H groups in total. The number of hydrogen-bond donors (Lipinski definition) is 12. The Labute approximate surface area is 407 Å². The van der Waals surface area contributed by atoms with Crippen molar-refractivity contribution in [2.75, 3.05) is 0 Å². The van der Waals surface area contributed by atoms with Gasteiger partial charge in [-0.1, -0.05) is 48.5 Å². The Balaban J connectivity index is 0.000000268. The van der Waals surface area contributed by atoms with Crippen LogP contribution in [0, 0.1) is 0 Å². The summed E-state index contributed by atoms with van der Waals surface area (Å²) in [4.78, 5) is 72.5. The summed E-state index contributed by atoms with van der Waals surface area (Å²) >= 11 is 0. The first-order valence-corrected chi connectivity index (χ1v) is 21.4. The zero-order valence-corrected chi connectivity index (χ0v) is 37.4. The molecule has 4 aromatic rings. The molecule has 72 heavy (non-hydrogen) atoms. The van der Waals surface area contributed by atoms with Crippen LogP contribution in [0.3, 0.4) is 0 Å². The number of carbonyl (C=O) groups is 6. The van der Waals surface area contributed by atoms with Gasteiger partial charge >= 0.3 is 35.8 Å². The van der Waals surface area contributed by atoms with Crippen LogP contribution in [-0.4, -0.2) is 145 Å². The van der Waals surface area contributed by atoms with E-state index in [1.165, 1.54) is 72.8 Å². The van der Waals surface area contributed by atoms with Gasteiger partial charge in [0.15, 0.2) is 51.8 Å². The van der Waals surface area contributed by atoms with E-state index >= 15 is 0 Å². The van der Waals surface area contributed by atoms with E-state index in [0.717, 1.165) is 30.4 Å². The van der Waals surface area contributed by atoms with Crippen LogP contribution >= 0.6 is 0 Å². The molecule has 2 fully saturated rings. The van der Waals surface area contributed by atoms with Gasteiger partial charge in [-0.15, -0.1) is 0 Å². The quantitative estimate of drug-likeness (QED) is 0.0374. The summed E-state index contributed by atoms with van der Waals surface area (Å²) in [5.41, 5.74) is -3.18. The molecule has 6 rings (SSSR count). The lowest BCUT2D eigenvalue weighted by molar-refractivity contribution is -0.204. The largest absolute Gasteiger partial charge is 0.504 e. The second kappa shape index (κ2) is 23.7. The number of carbonyl (C=O) groups excluding carboxylic acids is 4. The average molecular weight is 1000 g/mol. The van der Waals surface area contributed by atoms with Crippen molar-refractivity contribution in [1.82, 2.24) is 0 Å². The van der Waals surface area contributed by atoms with Gasteiger partial charge in [0.25, 0.3) is 0 Å². The number of hydrogen-bond acceptors (Lipinski definition) is 20. The van der Waals surface area contributed by atoms with Crippen LogP contribution in [0.1, 0.15) is 47.9 Å². The highest BCUT2D eigenvalue weighted by Gasteiger charge is 2.53. The van der Waals surface area contributed by atoms with Gasteiger partial charge < -0.3 is 80.2 Å². The van der Waals surface area contributed by atoms with Crippen LogP contribution in [-0.2, 0) is 47.7 Å². The van der Waals surface area contributed by atoms with Crippen molar-refractivity contribution in [2.24, 2.45) is 0 Å². The summed E-state index contributed by atoms with van der Waals surface area (Å²) < 4.78 is 20.7. The predicted octanol–water partition coefficient (Wildman–Crippen LogP) is 2.65. The van der Waals surface area contributed by atoms with Gasteiger partial charge in [-0.25, -0.2) is 28.8 Å². The second-order valence-electron chi connectivity index (χ2n) is 16.4. The number of carboxylic acid groups (broad SMARTS) is 2. The first-order chi connectivity index (χ1) is 33.9. The molecule has 22 heteroatoms. The third-order valence-electron chi connectivity index (χ3n) is 11.0. The Morgan fingerprint density at radius 2 is 0.764 bits per heavy atom. The maximum atomic E-state index is 12.4. The Hall–Kier alpha value is -8.70. The summed E-state index contributed by atoms with van der Waals surface area (Å²) in [6.45, 7) is 0. The molecule has 0 heterocycles. The molecule has 8 atom stereocenters. The van der Waals surface area contributed by atoms with Crippen molar-refractivity contribution in [2.45, 2.75) is 73.5 Å². The van der Waals surface area contributed by atoms with E-state index in [-0.39, 0.29) is 17.2 Å². The van der Waals surface area contributed by atoms with Crippen molar-refractivity contribution in [3.8, 4) is 34.5 Å². The summed E-state index contributed by atoms with van der Waals surface area (Å²) in [6, 6.07) is 20.1. The number of rotatable bonds is 14. The molecule has 0 aliphatic heterocycles. The molecular weight excluding hydrogens is 953 g/mol. The van der Waals surface area contributed by atoms with Crippen molar-refractivity contribution >= 4 is 60.1 Å². The molecule has 0 amide bonds. The van der Waals surface area contributed by atoms with Crippen molar-refractivity contribution in [3.05, 3.63) is 131 Å². The number of esters is 4. The smallest absolute Gasteiger partial charge is 0.335 e. The molecule has 0 bridgehead atoms. The maximum absolute atomic E-state index is 12.4. The van der Waals surface area contributed by atoms with E-state index < -0.39 is 127 Å².